The van der Waals surface area contributed by atoms with Crippen molar-refractivity contribution in [3.05, 3.63) is 41.4 Å². The van der Waals surface area contributed by atoms with Gasteiger partial charge >= 0.3 is 12.9 Å². The highest BCUT2D eigenvalue weighted by Gasteiger charge is 2.20. The van der Waals surface area contributed by atoms with Crippen LogP contribution in [0.1, 0.15) is 0 Å². The Morgan fingerprint density at radius 3 is 1.89 bits per heavy atom. The van der Waals surface area contributed by atoms with Crippen LogP contribution in [-0.2, 0) is 0 Å². The summed E-state index contributed by atoms with van der Waals surface area (Å²) < 4.78 is 39.0. The summed E-state index contributed by atoms with van der Waals surface area (Å²) in [6.07, 6.45) is 0. The molecule has 0 saturated heterocycles. The third-order valence-corrected chi connectivity index (χ3v) is 1.95. The van der Waals surface area contributed by atoms with Gasteiger partial charge in [0, 0.05) is 6.07 Å². The average Bonchev–Trinajstić information content (AvgIpc) is 2.26. The third kappa shape index (κ3) is 4.29. The van der Waals surface area contributed by atoms with Gasteiger partial charge in [-0.25, -0.2) is 0 Å². The van der Waals surface area contributed by atoms with Crippen molar-refractivity contribution in [1.29, 1.82) is 5.39 Å². The van der Waals surface area contributed by atoms with Crippen LogP contribution in [0.3, 0.4) is 0 Å². The molecular formula is C10H7BF4N2O. The van der Waals surface area contributed by atoms with Crippen molar-refractivity contribution in [2.24, 2.45) is 0 Å². The molecule has 2 rings (SSSR count). The first-order chi connectivity index (χ1) is 8.31. The summed E-state index contributed by atoms with van der Waals surface area (Å²) in [7, 11) is -6.00. The van der Waals surface area contributed by atoms with E-state index in [1.165, 1.54) is 0 Å². The van der Waals surface area contributed by atoms with Gasteiger partial charge in [0.2, 0.25) is 11.1 Å². The third-order valence-electron chi connectivity index (χ3n) is 1.95. The number of diazo groups is 1. The van der Waals surface area contributed by atoms with Crippen LogP contribution < -0.4 is 0 Å². The Labute approximate surface area is 99.4 Å². The van der Waals surface area contributed by atoms with Crippen molar-refractivity contribution in [3.8, 4) is 5.75 Å². The van der Waals surface area contributed by atoms with Gasteiger partial charge in [-0.3, -0.25) is 0 Å². The SMILES string of the molecule is F[B-](F)(F)F.N#[N+]c1cc2ccccc2cc1O. The van der Waals surface area contributed by atoms with Crippen LogP contribution in [0.25, 0.3) is 15.7 Å². The summed E-state index contributed by atoms with van der Waals surface area (Å²) >= 11 is 0. The van der Waals surface area contributed by atoms with Crippen LogP contribution in [0, 0.1) is 5.39 Å². The van der Waals surface area contributed by atoms with Crippen molar-refractivity contribution in [1.82, 2.24) is 0 Å². The number of hydrogen-bond acceptors (Lipinski definition) is 2. The Morgan fingerprint density at radius 2 is 1.44 bits per heavy atom. The van der Waals surface area contributed by atoms with Crippen molar-refractivity contribution in [3.63, 3.8) is 0 Å². The van der Waals surface area contributed by atoms with E-state index in [2.05, 4.69) is 4.98 Å². The summed E-state index contributed by atoms with van der Waals surface area (Å²) in [5.74, 6) is -0.0128. The van der Waals surface area contributed by atoms with Crippen molar-refractivity contribution < 1.29 is 22.4 Å². The first-order valence-electron chi connectivity index (χ1n) is 4.75. The van der Waals surface area contributed by atoms with Crippen LogP contribution in [-0.4, -0.2) is 12.4 Å². The number of halogens is 4. The minimum Gasteiger partial charge on any atom is -0.501 e. The van der Waals surface area contributed by atoms with Crippen LogP contribution in [0.4, 0.5) is 23.0 Å². The standard InChI is InChI=1S/C10H6N2O.BF4/c11-12-9-5-7-3-1-2-4-8(7)6-10(9)13;2-1(3,4)5/h1-6H;/q;-1/p+1. The van der Waals surface area contributed by atoms with E-state index in [1.54, 1.807) is 12.1 Å². The Kier molecular flexibility index (Phi) is 4.10. The highest BCUT2D eigenvalue weighted by atomic mass is 19.5. The molecule has 0 spiro atoms. The van der Waals surface area contributed by atoms with Gasteiger partial charge < -0.3 is 22.4 Å². The minimum atomic E-state index is -6.00. The molecule has 0 aliphatic carbocycles. The zero-order valence-corrected chi connectivity index (χ0v) is 8.89. The predicted molar refractivity (Wildman–Crippen MR) is 60.5 cm³/mol. The number of phenols is 1. The number of rotatable bonds is 0. The maximum Gasteiger partial charge on any atom is 0.673 e. The fourth-order valence-electron chi connectivity index (χ4n) is 1.30. The summed E-state index contributed by atoms with van der Waals surface area (Å²) in [4.78, 5) is 2.97. The lowest BCUT2D eigenvalue weighted by molar-refractivity contribution is 0.368. The lowest BCUT2D eigenvalue weighted by atomic mass is 10.1. The normalized spacial score (nSPS) is 10.4. The van der Waals surface area contributed by atoms with Crippen LogP contribution in [0.2, 0.25) is 0 Å². The zero-order chi connectivity index (χ0) is 13.8. The first-order valence-corrected chi connectivity index (χ1v) is 4.75. The Bertz CT molecular complexity index is 588. The highest BCUT2D eigenvalue weighted by molar-refractivity contribution is 6.50. The van der Waals surface area contributed by atoms with Crippen molar-refractivity contribution >= 4 is 23.7 Å². The number of benzene rings is 2. The van der Waals surface area contributed by atoms with Gasteiger partial charge in [0.15, 0.2) is 4.98 Å². The molecule has 2 aromatic carbocycles. The second kappa shape index (κ2) is 5.36. The number of phenolic OH excluding ortho intramolecular Hbond substituents is 1. The molecule has 0 bridgehead atoms. The molecule has 94 valence electrons. The molecule has 0 heterocycles. The van der Waals surface area contributed by atoms with Gasteiger partial charge in [0.25, 0.3) is 0 Å². The molecular weight excluding hydrogens is 251 g/mol. The lowest BCUT2D eigenvalue weighted by Gasteiger charge is -1.94. The molecule has 0 amide bonds. The number of fused-ring (bicyclic) bond motifs is 1. The molecule has 0 saturated carbocycles. The number of aromatic hydroxyl groups is 1. The van der Waals surface area contributed by atoms with E-state index in [0.29, 0.717) is 0 Å². The number of hydrogen-bond donors (Lipinski definition) is 1. The molecule has 0 unspecified atom stereocenters. The Hall–Kier alpha value is -2.30. The monoisotopic (exact) mass is 258 g/mol. The molecule has 3 nitrogen and oxygen atoms in total. The van der Waals surface area contributed by atoms with E-state index in [0.717, 1.165) is 10.8 Å². The molecule has 0 aliphatic heterocycles. The quantitative estimate of drug-likeness (QED) is 0.434. The van der Waals surface area contributed by atoms with Gasteiger partial charge in [-0.05, 0) is 16.8 Å². The fourth-order valence-corrected chi connectivity index (χ4v) is 1.30. The van der Waals surface area contributed by atoms with Crippen molar-refractivity contribution in [2.45, 2.75) is 0 Å². The smallest absolute Gasteiger partial charge is 0.501 e. The van der Waals surface area contributed by atoms with E-state index in [9.17, 15) is 22.4 Å². The molecule has 0 atom stereocenters. The van der Waals surface area contributed by atoms with E-state index in [-0.39, 0.29) is 11.4 Å². The Morgan fingerprint density at radius 1 is 1.00 bits per heavy atom. The number of nitrogens with zero attached hydrogens (tertiary/aromatic N) is 2. The minimum absolute atomic E-state index is 0.0128. The predicted octanol–water partition coefficient (Wildman–Crippen LogP) is 4.33. The van der Waals surface area contributed by atoms with Crippen LogP contribution >= 0.6 is 0 Å². The van der Waals surface area contributed by atoms with Gasteiger partial charge in [-0.1, -0.05) is 24.3 Å². The molecule has 0 fully saturated rings. The average molecular weight is 258 g/mol. The van der Waals surface area contributed by atoms with Crippen molar-refractivity contribution in [2.75, 3.05) is 0 Å². The van der Waals surface area contributed by atoms with Gasteiger partial charge in [-0.2, -0.15) is 0 Å². The van der Waals surface area contributed by atoms with Crippen LogP contribution in [0.5, 0.6) is 5.75 Å². The summed E-state index contributed by atoms with van der Waals surface area (Å²) in [5, 5.41) is 19.8. The van der Waals surface area contributed by atoms with Crippen LogP contribution in [0.15, 0.2) is 36.4 Å². The molecule has 0 aliphatic rings. The maximum absolute atomic E-state index is 9.75. The van der Waals surface area contributed by atoms with E-state index < -0.39 is 7.25 Å². The maximum atomic E-state index is 9.75. The molecule has 0 radical (unpaired) electrons. The van der Waals surface area contributed by atoms with Gasteiger partial charge in [-0.15, -0.1) is 0 Å². The van der Waals surface area contributed by atoms with E-state index in [1.807, 2.05) is 24.3 Å². The van der Waals surface area contributed by atoms with Gasteiger partial charge in [0.05, 0.1) is 0 Å². The molecule has 1 N–H and O–H groups in total. The molecule has 0 aromatic heterocycles. The summed E-state index contributed by atoms with van der Waals surface area (Å²) in [6, 6.07) is 10.8. The Balaban J connectivity index is 0.000000280. The summed E-state index contributed by atoms with van der Waals surface area (Å²) in [6.45, 7) is 0. The first kappa shape index (κ1) is 13.8. The molecule has 8 heteroatoms. The largest absolute Gasteiger partial charge is 0.673 e. The molecule has 2 aromatic rings. The second-order valence-corrected chi connectivity index (χ2v) is 3.28. The lowest BCUT2D eigenvalue weighted by Crippen LogP contribution is -2.02. The van der Waals surface area contributed by atoms with Gasteiger partial charge in [0.1, 0.15) is 0 Å². The van der Waals surface area contributed by atoms with E-state index >= 15 is 0 Å². The second-order valence-electron chi connectivity index (χ2n) is 3.28. The summed E-state index contributed by atoms with van der Waals surface area (Å²) in [5.41, 5.74) is 0.193. The highest BCUT2D eigenvalue weighted by Crippen LogP contribution is 2.31. The fraction of sp³-hybridized carbons (Fsp3) is 0. The topological polar surface area (TPSA) is 48.4 Å². The molecule has 18 heavy (non-hydrogen) atoms. The zero-order valence-electron chi connectivity index (χ0n) is 8.89. The van der Waals surface area contributed by atoms with E-state index in [4.69, 9.17) is 5.39 Å².